The van der Waals surface area contributed by atoms with Crippen LogP contribution in [0.2, 0.25) is 0 Å². The summed E-state index contributed by atoms with van der Waals surface area (Å²) in [6.45, 7) is 16.4. The number of rotatable bonds is 5. The van der Waals surface area contributed by atoms with E-state index in [4.69, 9.17) is 4.74 Å². The number of nitrogens with zero attached hydrogens (tertiary/aromatic N) is 2. The lowest BCUT2D eigenvalue weighted by Crippen LogP contribution is -2.56. The topological polar surface area (TPSA) is 49.9 Å². The van der Waals surface area contributed by atoms with Gasteiger partial charge in [-0.25, -0.2) is 4.79 Å². The average Bonchev–Trinajstić information content (AvgIpc) is 2.93. The molecule has 0 aliphatic carbocycles. The maximum atomic E-state index is 13.5. The number of aryl methyl sites for hydroxylation is 1. The highest BCUT2D eigenvalue weighted by molar-refractivity contribution is 5.86. The number of piperazine rings is 1. The summed E-state index contributed by atoms with van der Waals surface area (Å²) in [4.78, 5) is 30.5. The third-order valence-corrected chi connectivity index (χ3v) is 6.20. The Hall–Kier alpha value is -2.56. The molecule has 0 unspecified atom stereocenters. The first-order valence-corrected chi connectivity index (χ1v) is 10.7. The SMILES string of the molecule is C=CCC1(CC=C)C[C@H]2[C@H](c3ccccc3C)N(C(=O)OC(C)(C)C)CCN2C1=O. The first-order valence-electron chi connectivity index (χ1n) is 10.7. The smallest absolute Gasteiger partial charge is 0.410 e. The molecule has 0 bridgehead atoms. The molecule has 0 radical (unpaired) electrons. The van der Waals surface area contributed by atoms with Crippen LogP contribution in [0, 0.1) is 12.3 Å². The number of carbonyl (C=O) groups is 2. The van der Waals surface area contributed by atoms with E-state index in [0.29, 0.717) is 32.4 Å². The largest absolute Gasteiger partial charge is 0.444 e. The normalized spacial score (nSPS) is 23.1. The van der Waals surface area contributed by atoms with Gasteiger partial charge >= 0.3 is 6.09 Å². The number of ether oxygens (including phenoxy) is 1. The van der Waals surface area contributed by atoms with Crippen LogP contribution in [0.4, 0.5) is 4.79 Å². The monoisotopic (exact) mass is 410 g/mol. The fourth-order valence-electron chi connectivity index (χ4n) is 4.96. The highest BCUT2D eigenvalue weighted by Crippen LogP contribution is 2.49. The predicted octanol–water partition coefficient (Wildman–Crippen LogP) is 5.03. The van der Waals surface area contributed by atoms with Crippen molar-refractivity contribution in [2.45, 2.75) is 64.6 Å². The van der Waals surface area contributed by atoms with Crippen molar-refractivity contribution in [3.63, 3.8) is 0 Å². The van der Waals surface area contributed by atoms with Gasteiger partial charge in [0.2, 0.25) is 5.91 Å². The van der Waals surface area contributed by atoms with Crippen molar-refractivity contribution in [2.24, 2.45) is 5.41 Å². The molecule has 2 aliphatic heterocycles. The Morgan fingerprint density at radius 3 is 2.40 bits per heavy atom. The second-order valence-corrected chi connectivity index (χ2v) is 9.51. The molecular weight excluding hydrogens is 376 g/mol. The van der Waals surface area contributed by atoms with Gasteiger partial charge in [-0.15, -0.1) is 13.2 Å². The van der Waals surface area contributed by atoms with Crippen LogP contribution in [0.5, 0.6) is 0 Å². The van der Waals surface area contributed by atoms with E-state index < -0.39 is 11.0 Å². The van der Waals surface area contributed by atoms with Gasteiger partial charge < -0.3 is 9.64 Å². The summed E-state index contributed by atoms with van der Waals surface area (Å²) in [6.07, 6.45) is 5.22. The third kappa shape index (κ3) is 4.03. The number of benzene rings is 1. The quantitative estimate of drug-likeness (QED) is 0.640. The van der Waals surface area contributed by atoms with Crippen LogP contribution in [-0.2, 0) is 9.53 Å². The maximum absolute atomic E-state index is 13.5. The van der Waals surface area contributed by atoms with Gasteiger partial charge in [0.1, 0.15) is 5.60 Å². The zero-order valence-corrected chi connectivity index (χ0v) is 18.7. The minimum absolute atomic E-state index is 0.0974. The average molecular weight is 411 g/mol. The van der Waals surface area contributed by atoms with Crippen molar-refractivity contribution < 1.29 is 14.3 Å². The zero-order valence-electron chi connectivity index (χ0n) is 18.7. The van der Waals surface area contributed by atoms with Gasteiger partial charge in [0.05, 0.1) is 17.5 Å². The molecule has 5 nitrogen and oxygen atoms in total. The lowest BCUT2D eigenvalue weighted by molar-refractivity contribution is -0.139. The maximum Gasteiger partial charge on any atom is 0.410 e. The third-order valence-electron chi connectivity index (χ3n) is 6.20. The van der Waals surface area contributed by atoms with Crippen LogP contribution in [-0.4, -0.2) is 46.5 Å². The number of fused-ring (bicyclic) bond motifs is 1. The van der Waals surface area contributed by atoms with Crippen LogP contribution in [0.25, 0.3) is 0 Å². The van der Waals surface area contributed by atoms with Crippen molar-refractivity contribution >= 4 is 12.0 Å². The minimum atomic E-state index is -0.578. The van der Waals surface area contributed by atoms with Crippen molar-refractivity contribution in [1.82, 2.24) is 9.80 Å². The Bertz CT molecular complexity index is 829. The first kappa shape index (κ1) is 22.1. The Morgan fingerprint density at radius 2 is 1.83 bits per heavy atom. The molecule has 30 heavy (non-hydrogen) atoms. The van der Waals surface area contributed by atoms with Gasteiger partial charge in [0, 0.05) is 13.1 Å². The van der Waals surface area contributed by atoms with E-state index in [1.165, 1.54) is 0 Å². The summed E-state index contributed by atoms with van der Waals surface area (Å²) in [6, 6.07) is 7.77. The van der Waals surface area contributed by atoms with E-state index in [9.17, 15) is 9.59 Å². The molecule has 0 aromatic heterocycles. The van der Waals surface area contributed by atoms with Crippen molar-refractivity contribution in [1.29, 1.82) is 0 Å². The standard InChI is InChI=1S/C25H34N2O3/c1-7-13-25(14-8-2)17-20-21(19-12-10-9-11-18(19)3)27(16-15-26(20)22(25)28)23(29)30-24(4,5)6/h7-12,20-21H,1-2,13-17H2,3-6H3/t20-,21-/m0/s1. The molecule has 0 N–H and O–H groups in total. The summed E-state index contributed by atoms with van der Waals surface area (Å²) in [7, 11) is 0. The molecule has 0 spiro atoms. The van der Waals surface area contributed by atoms with Crippen LogP contribution >= 0.6 is 0 Å². The highest BCUT2D eigenvalue weighted by Gasteiger charge is 2.56. The van der Waals surface area contributed by atoms with Crippen LogP contribution in [0.1, 0.15) is 57.2 Å². The summed E-state index contributed by atoms with van der Waals surface area (Å²) < 4.78 is 5.74. The molecule has 3 rings (SSSR count). The minimum Gasteiger partial charge on any atom is -0.444 e. The van der Waals surface area contributed by atoms with Crippen LogP contribution in [0.3, 0.4) is 0 Å². The van der Waals surface area contributed by atoms with Gasteiger partial charge in [-0.05, 0) is 58.1 Å². The Balaban J connectivity index is 2.05. The van der Waals surface area contributed by atoms with Crippen LogP contribution in [0.15, 0.2) is 49.6 Å². The lowest BCUT2D eigenvalue weighted by Gasteiger charge is -2.45. The van der Waals surface area contributed by atoms with Gasteiger partial charge in [-0.1, -0.05) is 36.4 Å². The molecule has 2 amide bonds. The van der Waals surface area contributed by atoms with Crippen molar-refractivity contribution in [3.8, 4) is 0 Å². The first-order chi connectivity index (χ1) is 14.1. The number of carbonyl (C=O) groups excluding carboxylic acids is 2. The number of allylic oxidation sites excluding steroid dienone is 2. The molecule has 162 valence electrons. The Labute approximate surface area is 180 Å². The van der Waals surface area contributed by atoms with E-state index in [1.807, 2.05) is 54.9 Å². The molecule has 0 saturated carbocycles. The molecule has 2 fully saturated rings. The van der Waals surface area contributed by atoms with Crippen LogP contribution < -0.4 is 0 Å². The molecule has 5 heteroatoms. The fourth-order valence-corrected chi connectivity index (χ4v) is 4.96. The van der Waals surface area contributed by atoms with E-state index in [-0.39, 0.29) is 24.1 Å². The molecule has 1 aromatic rings. The number of amides is 2. The number of hydrogen-bond acceptors (Lipinski definition) is 3. The van der Waals surface area contributed by atoms with Gasteiger partial charge in [0.15, 0.2) is 0 Å². The van der Waals surface area contributed by atoms with E-state index in [1.54, 1.807) is 0 Å². The molecule has 2 aliphatic rings. The lowest BCUT2D eigenvalue weighted by atomic mass is 9.76. The second kappa shape index (κ2) is 8.29. The zero-order chi connectivity index (χ0) is 22.1. The molecular formula is C25H34N2O3. The molecule has 2 saturated heterocycles. The summed E-state index contributed by atoms with van der Waals surface area (Å²) in [5, 5.41) is 0. The molecule has 2 atom stereocenters. The van der Waals surface area contributed by atoms with Crippen molar-refractivity contribution in [2.75, 3.05) is 13.1 Å². The summed E-state index contributed by atoms with van der Waals surface area (Å²) >= 11 is 0. The Kier molecular flexibility index (Phi) is 6.11. The predicted molar refractivity (Wildman–Crippen MR) is 119 cm³/mol. The van der Waals surface area contributed by atoms with Gasteiger partial charge in [-0.3, -0.25) is 9.69 Å². The van der Waals surface area contributed by atoms with Gasteiger partial charge in [-0.2, -0.15) is 0 Å². The van der Waals surface area contributed by atoms with Gasteiger partial charge in [0.25, 0.3) is 0 Å². The molecule has 2 heterocycles. The van der Waals surface area contributed by atoms with E-state index >= 15 is 0 Å². The van der Waals surface area contributed by atoms with Crippen molar-refractivity contribution in [3.05, 3.63) is 60.7 Å². The fraction of sp³-hybridized carbons (Fsp3) is 0.520. The summed E-state index contributed by atoms with van der Waals surface area (Å²) in [5.41, 5.74) is 1.07. The highest BCUT2D eigenvalue weighted by atomic mass is 16.6. The number of hydrogen-bond donors (Lipinski definition) is 0. The summed E-state index contributed by atoms with van der Waals surface area (Å²) in [5.74, 6) is 0.148. The van der Waals surface area contributed by atoms with E-state index in [0.717, 1.165) is 11.1 Å². The Morgan fingerprint density at radius 1 is 1.20 bits per heavy atom. The second-order valence-electron chi connectivity index (χ2n) is 9.51. The van der Waals surface area contributed by atoms with E-state index in [2.05, 4.69) is 32.2 Å². The molecule has 1 aromatic carbocycles.